The molecule has 0 unspecified atom stereocenters. The average Bonchev–Trinajstić information content (AvgIpc) is 3.34. The van der Waals surface area contributed by atoms with Gasteiger partial charge in [0.2, 0.25) is 5.91 Å². The molecule has 1 N–H and O–H groups in total. The topological polar surface area (TPSA) is 68.6 Å². The van der Waals surface area contributed by atoms with Gasteiger partial charge in [0.15, 0.2) is 0 Å². The minimum Gasteiger partial charge on any atom is -0.497 e. The molecule has 150 valence electrons. The number of ether oxygens (including phenoxy) is 2. The van der Waals surface area contributed by atoms with Crippen LogP contribution in [0.5, 0.6) is 5.75 Å². The normalized spacial score (nSPS) is 22.4. The van der Waals surface area contributed by atoms with Gasteiger partial charge >= 0.3 is 0 Å². The Morgan fingerprint density at radius 3 is 2.93 bits per heavy atom. The van der Waals surface area contributed by atoms with Crippen LogP contribution in [0.3, 0.4) is 0 Å². The van der Waals surface area contributed by atoms with Crippen LogP contribution in [0, 0.1) is 5.92 Å². The Labute approximate surface area is 165 Å². The summed E-state index contributed by atoms with van der Waals surface area (Å²) in [6, 6.07) is 8.78. The van der Waals surface area contributed by atoms with Crippen LogP contribution in [-0.4, -0.2) is 54.0 Å². The van der Waals surface area contributed by atoms with Crippen molar-refractivity contribution in [3.05, 3.63) is 42.2 Å². The summed E-state index contributed by atoms with van der Waals surface area (Å²) in [6.07, 6.45) is 6.66. The van der Waals surface area contributed by atoms with Crippen molar-refractivity contribution in [2.45, 2.75) is 37.9 Å². The number of nitrogens with one attached hydrogen (secondary N) is 1. The highest BCUT2D eigenvalue weighted by Crippen LogP contribution is 2.32. The van der Waals surface area contributed by atoms with Gasteiger partial charge in [-0.1, -0.05) is 12.1 Å². The number of benzene rings is 1. The van der Waals surface area contributed by atoms with Crippen LogP contribution in [0.4, 0.5) is 5.69 Å². The number of hydrogen-bond acceptors (Lipinski definition) is 5. The summed E-state index contributed by atoms with van der Waals surface area (Å²) in [4.78, 5) is 14.4. The molecule has 7 nitrogen and oxygen atoms in total. The van der Waals surface area contributed by atoms with E-state index in [0.717, 1.165) is 43.8 Å². The van der Waals surface area contributed by atoms with Gasteiger partial charge in [0, 0.05) is 38.4 Å². The van der Waals surface area contributed by atoms with E-state index < -0.39 is 0 Å². The number of rotatable bonds is 8. The van der Waals surface area contributed by atoms with Crippen molar-refractivity contribution in [1.82, 2.24) is 14.7 Å². The Balaban J connectivity index is 1.42. The summed E-state index contributed by atoms with van der Waals surface area (Å²) < 4.78 is 12.8. The second-order valence-electron chi connectivity index (χ2n) is 7.75. The first-order valence-electron chi connectivity index (χ1n) is 9.87. The van der Waals surface area contributed by atoms with Crippen molar-refractivity contribution in [3.8, 4) is 5.75 Å². The second kappa shape index (κ2) is 8.32. The lowest BCUT2D eigenvalue weighted by molar-refractivity contribution is -0.117. The molecule has 2 aliphatic rings. The fraction of sp³-hybridized carbons (Fsp3) is 0.524. The van der Waals surface area contributed by atoms with Crippen molar-refractivity contribution in [1.29, 1.82) is 0 Å². The van der Waals surface area contributed by atoms with Gasteiger partial charge in [-0.05, 0) is 37.0 Å². The third kappa shape index (κ3) is 4.36. The number of aromatic nitrogens is 2. The predicted molar refractivity (Wildman–Crippen MR) is 106 cm³/mol. The van der Waals surface area contributed by atoms with Gasteiger partial charge in [-0.2, -0.15) is 5.10 Å². The summed E-state index contributed by atoms with van der Waals surface area (Å²) in [5, 5.41) is 7.48. The van der Waals surface area contributed by atoms with E-state index in [2.05, 4.69) is 27.4 Å². The van der Waals surface area contributed by atoms with Crippen molar-refractivity contribution in [3.63, 3.8) is 0 Å². The van der Waals surface area contributed by atoms with E-state index in [1.165, 1.54) is 5.56 Å². The van der Waals surface area contributed by atoms with E-state index in [9.17, 15) is 4.79 Å². The van der Waals surface area contributed by atoms with Crippen LogP contribution >= 0.6 is 0 Å². The first-order chi connectivity index (χ1) is 13.7. The molecule has 4 rings (SSSR count). The molecule has 1 aromatic heterocycles. The molecule has 2 heterocycles. The summed E-state index contributed by atoms with van der Waals surface area (Å²) in [7, 11) is 3.44. The molecule has 1 amide bonds. The first-order valence-corrected chi connectivity index (χ1v) is 9.87. The Kier molecular flexibility index (Phi) is 5.64. The van der Waals surface area contributed by atoms with Gasteiger partial charge in [0.25, 0.3) is 0 Å². The summed E-state index contributed by atoms with van der Waals surface area (Å²) in [5.74, 6) is 1.18. The van der Waals surface area contributed by atoms with Crippen LogP contribution in [0.25, 0.3) is 0 Å². The number of hydrogen-bond donors (Lipinski definition) is 1. The molecule has 1 aromatic carbocycles. The van der Waals surface area contributed by atoms with Crippen molar-refractivity contribution < 1.29 is 14.3 Å². The van der Waals surface area contributed by atoms with Crippen molar-refractivity contribution in [2.75, 3.05) is 32.7 Å². The zero-order valence-corrected chi connectivity index (χ0v) is 16.5. The lowest BCUT2D eigenvalue weighted by atomic mass is 10.1. The second-order valence-corrected chi connectivity index (χ2v) is 7.75. The molecule has 1 aliphatic carbocycles. The SMILES string of the molecule is COC[C@@H]1C[C@H](n2cc(NC(=O)C3CC3)cn2)CN1Cc1cccc(OC)c1. The van der Waals surface area contributed by atoms with Crippen LogP contribution in [0.15, 0.2) is 36.7 Å². The highest BCUT2D eigenvalue weighted by molar-refractivity contribution is 5.93. The predicted octanol–water partition coefficient (Wildman–Crippen LogP) is 2.70. The van der Waals surface area contributed by atoms with E-state index in [1.54, 1.807) is 20.4 Å². The third-order valence-corrected chi connectivity index (χ3v) is 5.58. The Morgan fingerprint density at radius 2 is 2.18 bits per heavy atom. The lowest BCUT2D eigenvalue weighted by Crippen LogP contribution is -2.32. The first kappa shape index (κ1) is 19.0. The molecule has 0 spiro atoms. The standard InChI is InChI=1S/C21H28N4O3/c1-27-14-19-9-18(13-24(19)11-15-4-3-5-20(8-15)28-2)25-12-17(10-22-25)23-21(26)16-6-7-16/h3-5,8,10,12,16,18-19H,6-7,9,11,13-14H2,1-2H3,(H,23,26)/t18-,19-/m0/s1. The van der Waals surface area contributed by atoms with Crippen LogP contribution in [0.2, 0.25) is 0 Å². The average molecular weight is 384 g/mol. The monoisotopic (exact) mass is 384 g/mol. The largest absolute Gasteiger partial charge is 0.497 e. The maximum absolute atomic E-state index is 12.0. The Bertz CT molecular complexity index is 817. The maximum Gasteiger partial charge on any atom is 0.227 e. The molecule has 0 bridgehead atoms. The van der Waals surface area contributed by atoms with E-state index in [-0.39, 0.29) is 17.9 Å². The zero-order valence-electron chi connectivity index (χ0n) is 16.5. The van der Waals surface area contributed by atoms with E-state index in [0.29, 0.717) is 12.6 Å². The highest BCUT2D eigenvalue weighted by Gasteiger charge is 2.34. The minimum absolute atomic E-state index is 0.114. The number of methoxy groups -OCH3 is 2. The number of carbonyl (C=O) groups is 1. The van der Waals surface area contributed by atoms with Gasteiger partial charge in [0.1, 0.15) is 5.75 Å². The van der Waals surface area contributed by atoms with Crippen molar-refractivity contribution >= 4 is 11.6 Å². The lowest BCUT2D eigenvalue weighted by Gasteiger charge is -2.23. The molecular weight excluding hydrogens is 356 g/mol. The van der Waals surface area contributed by atoms with E-state index in [1.807, 2.05) is 23.0 Å². The fourth-order valence-corrected chi connectivity index (χ4v) is 3.91. The highest BCUT2D eigenvalue weighted by atomic mass is 16.5. The molecule has 2 fully saturated rings. The summed E-state index contributed by atoms with van der Waals surface area (Å²) >= 11 is 0. The van der Waals surface area contributed by atoms with Gasteiger partial charge in [-0.3, -0.25) is 14.4 Å². The van der Waals surface area contributed by atoms with Gasteiger partial charge in [-0.15, -0.1) is 0 Å². The molecule has 28 heavy (non-hydrogen) atoms. The third-order valence-electron chi connectivity index (χ3n) is 5.58. The van der Waals surface area contributed by atoms with Gasteiger partial charge in [-0.25, -0.2) is 0 Å². The molecule has 2 aromatic rings. The van der Waals surface area contributed by atoms with Gasteiger partial charge in [0.05, 0.1) is 31.6 Å². The number of carbonyl (C=O) groups excluding carboxylic acids is 1. The Hall–Kier alpha value is -2.38. The molecule has 7 heteroatoms. The molecule has 1 saturated carbocycles. The number of anilines is 1. The maximum atomic E-state index is 12.0. The van der Waals surface area contributed by atoms with Crippen LogP contribution in [0.1, 0.15) is 30.9 Å². The molecule has 1 saturated heterocycles. The number of likely N-dealkylation sites (tertiary alicyclic amines) is 1. The zero-order chi connectivity index (χ0) is 19.5. The van der Waals surface area contributed by atoms with Crippen LogP contribution < -0.4 is 10.1 Å². The molecule has 0 radical (unpaired) electrons. The van der Waals surface area contributed by atoms with E-state index >= 15 is 0 Å². The molecule has 1 aliphatic heterocycles. The fourth-order valence-electron chi connectivity index (χ4n) is 3.91. The van der Waals surface area contributed by atoms with Gasteiger partial charge < -0.3 is 14.8 Å². The van der Waals surface area contributed by atoms with E-state index in [4.69, 9.17) is 9.47 Å². The quantitative estimate of drug-likeness (QED) is 0.758. The summed E-state index contributed by atoms with van der Waals surface area (Å²) in [5.41, 5.74) is 2.00. The minimum atomic E-state index is 0.114. The number of nitrogens with zero attached hydrogens (tertiary/aromatic N) is 3. The van der Waals surface area contributed by atoms with Crippen molar-refractivity contribution in [2.24, 2.45) is 5.92 Å². The Morgan fingerprint density at radius 1 is 1.32 bits per heavy atom. The smallest absolute Gasteiger partial charge is 0.227 e. The summed E-state index contributed by atoms with van der Waals surface area (Å²) in [6.45, 7) is 2.42. The van der Waals surface area contributed by atoms with Crippen LogP contribution in [-0.2, 0) is 16.1 Å². The number of amides is 1. The molecular formula is C21H28N4O3. The molecule has 2 atom stereocenters.